The normalized spacial score (nSPS) is 22.7. The van der Waals surface area contributed by atoms with Gasteiger partial charge in [-0.3, -0.25) is 0 Å². The summed E-state index contributed by atoms with van der Waals surface area (Å²) in [5.74, 6) is 0. The standard InChI is InChI=1S/C16H19NO3S2/c1-12-9-17(10-15(20-12)13-7-8-21-11-13)14-5-3-4-6-16(14)22(2,18)19/h3-8,11-12,15H,9-10H2,1-2H3/t12-,15+/m0/s1. The summed E-state index contributed by atoms with van der Waals surface area (Å²) < 4.78 is 30.1. The summed E-state index contributed by atoms with van der Waals surface area (Å²) in [6.07, 6.45) is 1.28. The van der Waals surface area contributed by atoms with Crippen LogP contribution in [0.5, 0.6) is 0 Å². The Bertz CT molecular complexity index is 741. The molecule has 0 spiro atoms. The molecule has 3 rings (SSSR count). The lowest BCUT2D eigenvalue weighted by Gasteiger charge is -2.38. The van der Waals surface area contributed by atoms with Crippen LogP contribution in [0.2, 0.25) is 0 Å². The van der Waals surface area contributed by atoms with Gasteiger partial charge in [0.2, 0.25) is 0 Å². The molecule has 1 saturated heterocycles. The molecule has 2 atom stereocenters. The SMILES string of the molecule is C[C@H]1CN(c2ccccc2S(C)(=O)=O)C[C@H](c2ccsc2)O1. The Morgan fingerprint density at radius 3 is 2.68 bits per heavy atom. The maximum atomic E-state index is 12.0. The zero-order valence-electron chi connectivity index (χ0n) is 12.6. The first-order valence-corrected chi connectivity index (χ1v) is 10.00. The van der Waals surface area contributed by atoms with Crippen molar-refractivity contribution in [1.29, 1.82) is 0 Å². The van der Waals surface area contributed by atoms with Crippen molar-refractivity contribution < 1.29 is 13.2 Å². The third-order valence-electron chi connectivity index (χ3n) is 3.78. The fourth-order valence-electron chi connectivity index (χ4n) is 2.82. The first-order chi connectivity index (χ1) is 10.4. The molecule has 22 heavy (non-hydrogen) atoms. The summed E-state index contributed by atoms with van der Waals surface area (Å²) in [5.41, 5.74) is 1.92. The Kier molecular flexibility index (Phi) is 4.25. The molecular weight excluding hydrogens is 318 g/mol. The molecule has 1 aliphatic heterocycles. The van der Waals surface area contributed by atoms with Crippen LogP contribution < -0.4 is 4.90 Å². The van der Waals surface area contributed by atoms with Gasteiger partial charge in [0, 0.05) is 19.3 Å². The predicted molar refractivity (Wildman–Crippen MR) is 89.4 cm³/mol. The van der Waals surface area contributed by atoms with Crippen molar-refractivity contribution in [3.8, 4) is 0 Å². The fourth-order valence-corrected chi connectivity index (χ4v) is 4.43. The Balaban J connectivity index is 1.95. The number of thiophene rings is 1. The van der Waals surface area contributed by atoms with Crippen LogP contribution in [-0.4, -0.2) is 33.9 Å². The molecule has 0 amide bonds. The number of sulfone groups is 1. The van der Waals surface area contributed by atoms with Gasteiger partial charge in [-0.1, -0.05) is 12.1 Å². The minimum atomic E-state index is -3.25. The summed E-state index contributed by atoms with van der Waals surface area (Å²) in [6.45, 7) is 3.37. The number of para-hydroxylation sites is 1. The largest absolute Gasteiger partial charge is 0.367 e. The zero-order valence-corrected chi connectivity index (χ0v) is 14.2. The van der Waals surface area contributed by atoms with E-state index in [9.17, 15) is 8.42 Å². The van der Waals surface area contributed by atoms with Crippen molar-refractivity contribution in [2.75, 3.05) is 24.2 Å². The molecule has 0 bridgehead atoms. The van der Waals surface area contributed by atoms with Crippen molar-refractivity contribution in [2.45, 2.75) is 24.0 Å². The number of hydrogen-bond donors (Lipinski definition) is 0. The number of rotatable bonds is 3. The van der Waals surface area contributed by atoms with Crippen molar-refractivity contribution in [1.82, 2.24) is 0 Å². The average molecular weight is 337 g/mol. The van der Waals surface area contributed by atoms with Gasteiger partial charge in [0.05, 0.1) is 16.7 Å². The van der Waals surface area contributed by atoms with E-state index in [0.29, 0.717) is 18.0 Å². The molecule has 1 aromatic carbocycles. The van der Waals surface area contributed by atoms with Crippen LogP contribution >= 0.6 is 11.3 Å². The average Bonchev–Trinajstić information content (AvgIpc) is 3.00. The van der Waals surface area contributed by atoms with Gasteiger partial charge in [-0.15, -0.1) is 0 Å². The molecule has 2 heterocycles. The second-order valence-corrected chi connectivity index (χ2v) is 8.40. The van der Waals surface area contributed by atoms with Gasteiger partial charge in [-0.25, -0.2) is 8.42 Å². The Morgan fingerprint density at radius 1 is 1.23 bits per heavy atom. The smallest absolute Gasteiger partial charge is 0.177 e. The molecule has 1 aromatic heterocycles. The van der Waals surface area contributed by atoms with Gasteiger partial charge < -0.3 is 9.64 Å². The number of morpholine rings is 1. The fraction of sp³-hybridized carbons (Fsp3) is 0.375. The van der Waals surface area contributed by atoms with Crippen LogP contribution in [0.3, 0.4) is 0 Å². The van der Waals surface area contributed by atoms with Gasteiger partial charge in [-0.2, -0.15) is 11.3 Å². The van der Waals surface area contributed by atoms with Crippen LogP contribution in [0.1, 0.15) is 18.6 Å². The summed E-state index contributed by atoms with van der Waals surface area (Å²) in [4.78, 5) is 2.50. The van der Waals surface area contributed by atoms with Crippen molar-refractivity contribution in [2.24, 2.45) is 0 Å². The van der Waals surface area contributed by atoms with Gasteiger partial charge in [-0.05, 0) is 41.4 Å². The number of anilines is 1. The number of ether oxygens (including phenoxy) is 1. The predicted octanol–water partition coefficient (Wildman–Crippen LogP) is 3.12. The summed E-state index contributed by atoms with van der Waals surface area (Å²) in [5, 5.41) is 4.12. The van der Waals surface area contributed by atoms with Crippen molar-refractivity contribution in [3.05, 3.63) is 46.7 Å². The van der Waals surface area contributed by atoms with E-state index in [1.807, 2.05) is 24.4 Å². The summed E-state index contributed by atoms with van der Waals surface area (Å²) in [7, 11) is -3.25. The van der Waals surface area contributed by atoms with E-state index in [-0.39, 0.29) is 12.2 Å². The van der Waals surface area contributed by atoms with Gasteiger partial charge in [0.1, 0.15) is 6.10 Å². The molecule has 0 saturated carbocycles. The van der Waals surface area contributed by atoms with E-state index in [4.69, 9.17) is 4.74 Å². The van der Waals surface area contributed by atoms with Crippen LogP contribution in [-0.2, 0) is 14.6 Å². The van der Waals surface area contributed by atoms with Gasteiger partial charge >= 0.3 is 0 Å². The molecule has 0 unspecified atom stereocenters. The second kappa shape index (κ2) is 6.02. The van der Waals surface area contributed by atoms with Crippen LogP contribution in [0.4, 0.5) is 5.69 Å². The topological polar surface area (TPSA) is 46.6 Å². The van der Waals surface area contributed by atoms with Gasteiger partial charge in [0.25, 0.3) is 0 Å². The van der Waals surface area contributed by atoms with E-state index in [0.717, 1.165) is 11.3 Å². The van der Waals surface area contributed by atoms with Crippen molar-refractivity contribution >= 4 is 26.9 Å². The zero-order chi connectivity index (χ0) is 15.7. The lowest BCUT2D eigenvalue weighted by Crippen LogP contribution is -2.43. The minimum Gasteiger partial charge on any atom is -0.367 e. The Labute approximate surface area is 135 Å². The molecule has 0 N–H and O–H groups in total. The highest BCUT2D eigenvalue weighted by atomic mass is 32.2. The number of benzene rings is 1. The maximum Gasteiger partial charge on any atom is 0.177 e. The van der Waals surface area contributed by atoms with E-state index in [1.165, 1.54) is 6.26 Å². The molecule has 1 fully saturated rings. The third kappa shape index (κ3) is 3.19. The van der Waals surface area contributed by atoms with Gasteiger partial charge in [0.15, 0.2) is 9.84 Å². The monoisotopic (exact) mass is 337 g/mol. The molecule has 6 heteroatoms. The first kappa shape index (κ1) is 15.5. The highest BCUT2D eigenvalue weighted by Crippen LogP contribution is 2.32. The molecule has 4 nitrogen and oxygen atoms in total. The number of nitrogens with zero attached hydrogens (tertiary/aromatic N) is 1. The quantitative estimate of drug-likeness (QED) is 0.863. The summed E-state index contributed by atoms with van der Waals surface area (Å²) in [6, 6.07) is 9.25. The molecular formula is C16H19NO3S2. The van der Waals surface area contributed by atoms with Crippen molar-refractivity contribution in [3.63, 3.8) is 0 Å². The Hall–Kier alpha value is -1.37. The lowest BCUT2D eigenvalue weighted by atomic mass is 10.1. The summed E-state index contributed by atoms with van der Waals surface area (Å²) >= 11 is 1.64. The van der Waals surface area contributed by atoms with E-state index in [2.05, 4.69) is 16.3 Å². The van der Waals surface area contributed by atoms with Crippen LogP contribution in [0.15, 0.2) is 46.0 Å². The van der Waals surface area contributed by atoms with Crippen LogP contribution in [0, 0.1) is 0 Å². The Morgan fingerprint density at radius 2 is 2.00 bits per heavy atom. The highest BCUT2D eigenvalue weighted by molar-refractivity contribution is 7.90. The number of hydrogen-bond acceptors (Lipinski definition) is 5. The molecule has 1 aliphatic rings. The van der Waals surface area contributed by atoms with Crippen LogP contribution in [0.25, 0.3) is 0 Å². The minimum absolute atomic E-state index is 0.0254. The molecule has 0 aliphatic carbocycles. The molecule has 118 valence electrons. The lowest BCUT2D eigenvalue weighted by molar-refractivity contribution is -0.0173. The molecule has 2 aromatic rings. The van der Waals surface area contributed by atoms with E-state index in [1.54, 1.807) is 23.5 Å². The third-order valence-corrected chi connectivity index (χ3v) is 5.63. The highest BCUT2D eigenvalue weighted by Gasteiger charge is 2.29. The second-order valence-electron chi connectivity index (χ2n) is 5.64. The maximum absolute atomic E-state index is 12.0. The first-order valence-electron chi connectivity index (χ1n) is 7.17. The van der Waals surface area contributed by atoms with E-state index < -0.39 is 9.84 Å². The molecule has 0 radical (unpaired) electrons. The van der Waals surface area contributed by atoms with E-state index >= 15 is 0 Å².